The molecule has 1 N–H and O–H groups in total. The van der Waals surface area contributed by atoms with Gasteiger partial charge in [0.2, 0.25) is 0 Å². The van der Waals surface area contributed by atoms with Crippen LogP contribution in [0.3, 0.4) is 0 Å². The number of hydrogen-bond donors (Lipinski definition) is 1. The summed E-state index contributed by atoms with van der Waals surface area (Å²) in [7, 11) is 0. The number of rotatable bonds is 5. The second-order valence-corrected chi connectivity index (χ2v) is 3.82. The molecular weight excluding hydrogens is 228 g/mol. The molecule has 0 saturated carbocycles. The Morgan fingerprint density at radius 3 is 3.06 bits per heavy atom. The van der Waals surface area contributed by atoms with Gasteiger partial charge in [0.1, 0.15) is 24.7 Å². The Bertz CT molecular complexity index is 385. The zero-order valence-corrected chi connectivity index (χ0v) is 9.58. The highest BCUT2D eigenvalue weighted by atomic mass is 19.3. The molecule has 17 heavy (non-hydrogen) atoms. The van der Waals surface area contributed by atoms with E-state index in [1.54, 1.807) is 12.1 Å². The van der Waals surface area contributed by atoms with Gasteiger partial charge in [-0.2, -0.15) is 0 Å². The molecule has 0 fully saturated rings. The highest BCUT2D eigenvalue weighted by molar-refractivity contribution is 5.45. The van der Waals surface area contributed by atoms with E-state index >= 15 is 0 Å². The summed E-state index contributed by atoms with van der Waals surface area (Å²) in [6.07, 6.45) is -2.46. The summed E-state index contributed by atoms with van der Waals surface area (Å²) in [5.41, 5.74) is 1.05. The molecule has 3 nitrogen and oxygen atoms in total. The molecule has 1 unspecified atom stereocenters. The van der Waals surface area contributed by atoms with E-state index in [4.69, 9.17) is 9.47 Å². The van der Waals surface area contributed by atoms with E-state index in [9.17, 15) is 8.78 Å². The minimum Gasteiger partial charge on any atom is -0.491 e. The second kappa shape index (κ2) is 5.31. The molecular formula is C12H15F2NO2. The lowest BCUT2D eigenvalue weighted by Crippen LogP contribution is -2.21. The van der Waals surface area contributed by atoms with E-state index in [0.717, 1.165) is 12.1 Å². The van der Waals surface area contributed by atoms with Crippen molar-refractivity contribution in [3.05, 3.63) is 23.8 Å². The van der Waals surface area contributed by atoms with Gasteiger partial charge in [-0.1, -0.05) is 6.92 Å². The van der Waals surface area contributed by atoms with E-state index in [-0.39, 0.29) is 6.04 Å². The van der Waals surface area contributed by atoms with Gasteiger partial charge in [-0.25, -0.2) is 8.78 Å². The van der Waals surface area contributed by atoms with Gasteiger partial charge in [0.05, 0.1) is 6.04 Å². The topological polar surface area (TPSA) is 30.5 Å². The first-order valence-electron chi connectivity index (χ1n) is 5.61. The van der Waals surface area contributed by atoms with Gasteiger partial charge >= 0.3 is 0 Å². The van der Waals surface area contributed by atoms with Crippen LogP contribution in [-0.4, -0.2) is 26.2 Å². The van der Waals surface area contributed by atoms with Crippen molar-refractivity contribution < 1.29 is 18.3 Å². The van der Waals surface area contributed by atoms with E-state index in [2.05, 4.69) is 5.32 Å². The third-order valence-corrected chi connectivity index (χ3v) is 2.59. The third-order valence-electron chi connectivity index (χ3n) is 2.59. The predicted octanol–water partition coefficient (Wildman–Crippen LogP) is 2.37. The standard InChI is InChI=1S/C12H15F2NO2/c1-2-15-10-6-17-11-5-8(3-4-9(10)11)16-7-12(13)14/h3-5,10,12,15H,2,6-7H2,1H3. The molecule has 94 valence electrons. The van der Waals surface area contributed by atoms with Crippen LogP contribution >= 0.6 is 0 Å². The Kier molecular flexibility index (Phi) is 3.78. The molecule has 1 aliphatic rings. The smallest absolute Gasteiger partial charge is 0.272 e. The Balaban J connectivity index is 2.06. The van der Waals surface area contributed by atoms with Crippen LogP contribution in [0.4, 0.5) is 8.78 Å². The third kappa shape index (κ3) is 2.85. The van der Waals surface area contributed by atoms with Crippen LogP contribution in [0.5, 0.6) is 11.5 Å². The first kappa shape index (κ1) is 12.1. The van der Waals surface area contributed by atoms with Crippen molar-refractivity contribution in [1.82, 2.24) is 5.32 Å². The first-order chi connectivity index (χ1) is 8.20. The maximum atomic E-state index is 12.0. The number of benzene rings is 1. The molecule has 1 aromatic rings. The van der Waals surface area contributed by atoms with Crippen molar-refractivity contribution in [3.8, 4) is 11.5 Å². The normalized spacial score (nSPS) is 18.0. The van der Waals surface area contributed by atoms with Crippen molar-refractivity contribution in [1.29, 1.82) is 0 Å². The molecule has 0 saturated heterocycles. The van der Waals surface area contributed by atoms with Crippen LogP contribution < -0.4 is 14.8 Å². The van der Waals surface area contributed by atoms with Crippen molar-refractivity contribution in [2.24, 2.45) is 0 Å². The second-order valence-electron chi connectivity index (χ2n) is 3.82. The Hall–Kier alpha value is -1.36. The summed E-state index contributed by atoms with van der Waals surface area (Å²) < 4.78 is 34.4. The Morgan fingerprint density at radius 2 is 2.35 bits per heavy atom. The Labute approximate surface area is 98.7 Å². The molecule has 1 aliphatic heterocycles. The largest absolute Gasteiger partial charge is 0.491 e. The summed E-state index contributed by atoms with van der Waals surface area (Å²) in [6, 6.07) is 5.39. The fraction of sp³-hybridized carbons (Fsp3) is 0.500. The van der Waals surface area contributed by atoms with Crippen molar-refractivity contribution in [2.45, 2.75) is 19.4 Å². The first-order valence-corrected chi connectivity index (χ1v) is 5.61. The summed E-state index contributed by atoms with van der Waals surface area (Å²) >= 11 is 0. The van der Waals surface area contributed by atoms with Gasteiger partial charge < -0.3 is 14.8 Å². The molecule has 1 aromatic carbocycles. The number of likely N-dealkylation sites (N-methyl/N-ethyl adjacent to an activating group) is 1. The molecule has 0 bridgehead atoms. The monoisotopic (exact) mass is 243 g/mol. The summed E-state index contributed by atoms with van der Waals surface area (Å²) in [5, 5.41) is 3.28. The van der Waals surface area contributed by atoms with Crippen LogP contribution in [0.2, 0.25) is 0 Å². The average molecular weight is 243 g/mol. The van der Waals surface area contributed by atoms with Crippen LogP contribution in [0, 0.1) is 0 Å². The van der Waals surface area contributed by atoms with Crippen LogP contribution in [-0.2, 0) is 0 Å². The lowest BCUT2D eigenvalue weighted by atomic mass is 10.1. The number of halogens is 2. The molecule has 0 amide bonds. The minimum atomic E-state index is -2.46. The fourth-order valence-electron chi connectivity index (χ4n) is 1.85. The number of fused-ring (bicyclic) bond motifs is 1. The predicted molar refractivity (Wildman–Crippen MR) is 59.9 cm³/mol. The summed E-state index contributed by atoms with van der Waals surface area (Å²) in [4.78, 5) is 0. The molecule has 5 heteroatoms. The zero-order chi connectivity index (χ0) is 12.3. The molecule has 0 aliphatic carbocycles. The van der Waals surface area contributed by atoms with Gasteiger partial charge in [-0.3, -0.25) is 0 Å². The number of nitrogens with one attached hydrogen (secondary N) is 1. The number of alkyl halides is 2. The average Bonchev–Trinajstić information content (AvgIpc) is 2.70. The maximum Gasteiger partial charge on any atom is 0.272 e. The van der Waals surface area contributed by atoms with E-state index in [0.29, 0.717) is 18.1 Å². The summed E-state index contributed by atoms with van der Waals surface area (Å²) in [6.45, 7) is 2.87. The zero-order valence-electron chi connectivity index (χ0n) is 9.58. The fourth-order valence-corrected chi connectivity index (χ4v) is 1.85. The highest BCUT2D eigenvalue weighted by Gasteiger charge is 2.23. The maximum absolute atomic E-state index is 12.0. The van der Waals surface area contributed by atoms with E-state index in [1.165, 1.54) is 0 Å². The lowest BCUT2D eigenvalue weighted by Gasteiger charge is -2.10. The van der Waals surface area contributed by atoms with Crippen LogP contribution in [0.15, 0.2) is 18.2 Å². The number of ether oxygens (including phenoxy) is 2. The molecule has 0 spiro atoms. The minimum absolute atomic E-state index is 0.180. The van der Waals surface area contributed by atoms with E-state index in [1.807, 2.05) is 13.0 Å². The van der Waals surface area contributed by atoms with Crippen molar-refractivity contribution in [2.75, 3.05) is 19.8 Å². The van der Waals surface area contributed by atoms with Gasteiger partial charge in [0, 0.05) is 11.6 Å². The van der Waals surface area contributed by atoms with Gasteiger partial charge in [0.15, 0.2) is 0 Å². The number of hydrogen-bond acceptors (Lipinski definition) is 3. The van der Waals surface area contributed by atoms with Crippen LogP contribution in [0.25, 0.3) is 0 Å². The van der Waals surface area contributed by atoms with Crippen molar-refractivity contribution >= 4 is 0 Å². The molecule has 0 aromatic heterocycles. The molecule has 1 atom stereocenters. The summed E-state index contributed by atoms with van der Waals surface area (Å²) in [5.74, 6) is 1.13. The highest BCUT2D eigenvalue weighted by Crippen LogP contribution is 2.35. The quantitative estimate of drug-likeness (QED) is 0.861. The Morgan fingerprint density at radius 1 is 1.53 bits per heavy atom. The molecule has 2 rings (SSSR count). The van der Waals surface area contributed by atoms with Crippen molar-refractivity contribution in [3.63, 3.8) is 0 Å². The molecule has 0 radical (unpaired) electrons. The van der Waals surface area contributed by atoms with Gasteiger partial charge in [-0.05, 0) is 18.7 Å². The van der Waals surface area contributed by atoms with Gasteiger partial charge in [-0.15, -0.1) is 0 Å². The van der Waals surface area contributed by atoms with E-state index < -0.39 is 13.0 Å². The SMILES string of the molecule is CCNC1COc2cc(OCC(F)F)ccc21. The van der Waals surface area contributed by atoms with Gasteiger partial charge in [0.25, 0.3) is 6.43 Å². The van der Waals surface area contributed by atoms with Crippen LogP contribution in [0.1, 0.15) is 18.5 Å². The lowest BCUT2D eigenvalue weighted by molar-refractivity contribution is 0.0818. The molecule has 1 heterocycles.